The number of nitrogens with zero attached hydrogens (tertiary/aromatic N) is 3. The van der Waals surface area contributed by atoms with Crippen molar-refractivity contribution in [2.24, 2.45) is 11.1 Å². The summed E-state index contributed by atoms with van der Waals surface area (Å²) < 4.78 is 6.63. The number of halogens is 1. The number of fused-ring (bicyclic) bond motifs is 1. The normalized spacial score (nSPS) is 18.1. The number of hydrazine groups is 1. The molecule has 0 saturated carbocycles. The molecule has 2 aromatic heterocycles. The van der Waals surface area contributed by atoms with Crippen LogP contribution < -0.4 is 16.7 Å². The maximum Gasteiger partial charge on any atom is 0.338 e. The number of nitrogens with two attached hydrogens (primary N) is 1. The number of pyridine rings is 2. The molecule has 0 fully saturated rings. The molecule has 1 aliphatic carbocycles. The number of nitrogens with one attached hydrogen (secondary N) is 1. The monoisotopic (exact) mass is 587 g/mol. The number of allylic oxidation sites excluding steroid dienone is 3. The molecule has 1 aromatic carbocycles. The highest BCUT2D eigenvalue weighted by Crippen LogP contribution is 2.48. The van der Waals surface area contributed by atoms with Crippen molar-refractivity contribution in [3.63, 3.8) is 0 Å². The predicted octanol–water partition coefficient (Wildman–Crippen LogP) is 3.97. The van der Waals surface area contributed by atoms with Crippen molar-refractivity contribution in [3.05, 3.63) is 111 Å². The van der Waals surface area contributed by atoms with Crippen molar-refractivity contribution in [3.8, 4) is 0 Å². The predicted molar refractivity (Wildman–Crippen MR) is 158 cm³/mol. The van der Waals surface area contributed by atoms with Crippen LogP contribution >= 0.6 is 11.6 Å². The number of Topliss-reactive ketones (excluding diaryl/α,β-unsaturated/α-hetero) is 1. The standard InChI is InChI=1S/C31H30ClN5O5/c1-5-12-36-21-7-6-19(32)13-18(21)14-20(29(36)40)24-25-22(15-31(2,3)16-23(25)38)37(27(33)26(24)30(41)42-4)35-28(39)17-8-10-34-11-9-17/h5-11,13-14,24H,1,12,15-16,33H2,2-4H3,(H,35,39). The summed E-state index contributed by atoms with van der Waals surface area (Å²) >= 11 is 6.31. The summed E-state index contributed by atoms with van der Waals surface area (Å²) in [6, 6.07) is 9.79. The molecule has 5 rings (SSSR count). The Morgan fingerprint density at radius 2 is 1.90 bits per heavy atom. The second-order valence-electron chi connectivity index (χ2n) is 11.0. The Labute approximate surface area is 247 Å². The number of benzene rings is 1. The van der Waals surface area contributed by atoms with Crippen molar-refractivity contribution < 1.29 is 19.1 Å². The van der Waals surface area contributed by atoms with E-state index in [0.717, 1.165) is 0 Å². The molecule has 3 heterocycles. The van der Waals surface area contributed by atoms with Gasteiger partial charge >= 0.3 is 5.97 Å². The first-order valence-electron chi connectivity index (χ1n) is 13.3. The molecule has 0 bridgehead atoms. The molecular formula is C31H30ClN5O5. The number of carbonyl (C=O) groups is 3. The topological polar surface area (TPSA) is 137 Å². The smallest absolute Gasteiger partial charge is 0.338 e. The summed E-state index contributed by atoms with van der Waals surface area (Å²) in [7, 11) is 1.19. The van der Waals surface area contributed by atoms with Gasteiger partial charge in [0, 0.05) is 52.5 Å². The van der Waals surface area contributed by atoms with Crippen LogP contribution in [0, 0.1) is 5.41 Å². The molecule has 1 atom stereocenters. The zero-order valence-electron chi connectivity index (χ0n) is 23.4. The average Bonchev–Trinajstić information content (AvgIpc) is 2.95. The van der Waals surface area contributed by atoms with Crippen molar-refractivity contribution in [2.45, 2.75) is 39.2 Å². The molecule has 216 valence electrons. The summed E-state index contributed by atoms with van der Waals surface area (Å²) in [5.74, 6) is -2.95. The van der Waals surface area contributed by atoms with E-state index in [0.29, 0.717) is 33.6 Å². The molecule has 1 aliphatic heterocycles. The van der Waals surface area contributed by atoms with Crippen LogP contribution in [0.2, 0.25) is 5.02 Å². The minimum Gasteiger partial charge on any atom is -0.466 e. The number of ether oxygens (including phenoxy) is 1. The zero-order chi connectivity index (χ0) is 30.3. The lowest BCUT2D eigenvalue weighted by atomic mass is 9.69. The molecule has 42 heavy (non-hydrogen) atoms. The van der Waals surface area contributed by atoms with Gasteiger partial charge in [0.2, 0.25) is 0 Å². The SMILES string of the molecule is C=CCn1c(=O)c(C2C(C(=O)OC)=C(N)N(NC(=O)c3ccncc3)C3=C2C(=O)CC(C)(C)C3)cc2cc(Cl)ccc21. The Kier molecular flexibility index (Phi) is 7.51. The van der Waals surface area contributed by atoms with Crippen LogP contribution in [0.25, 0.3) is 10.9 Å². The van der Waals surface area contributed by atoms with E-state index in [1.54, 1.807) is 30.3 Å². The molecule has 3 aromatic rings. The van der Waals surface area contributed by atoms with Crippen LogP contribution in [-0.2, 0) is 20.9 Å². The molecule has 3 N–H and O–H groups in total. The molecular weight excluding hydrogens is 558 g/mol. The molecule has 1 unspecified atom stereocenters. The van der Waals surface area contributed by atoms with Gasteiger partial charge in [-0.25, -0.2) is 9.80 Å². The first kappa shape index (κ1) is 28.8. The number of hydrogen-bond donors (Lipinski definition) is 2. The third-order valence-corrected chi connectivity index (χ3v) is 7.76. The van der Waals surface area contributed by atoms with Gasteiger partial charge in [0.05, 0.1) is 29.8 Å². The number of hydrogen-bond acceptors (Lipinski definition) is 8. The van der Waals surface area contributed by atoms with Crippen molar-refractivity contribution in [1.29, 1.82) is 0 Å². The van der Waals surface area contributed by atoms with Crippen molar-refractivity contribution >= 4 is 40.2 Å². The van der Waals surface area contributed by atoms with E-state index in [1.165, 1.54) is 41.2 Å². The molecule has 0 saturated heterocycles. The zero-order valence-corrected chi connectivity index (χ0v) is 24.2. The second kappa shape index (κ2) is 10.9. The Hall–Kier alpha value is -4.70. The number of carbonyl (C=O) groups excluding carboxylic acids is 3. The number of rotatable bonds is 6. The van der Waals surface area contributed by atoms with Gasteiger partial charge in [-0.3, -0.25) is 24.8 Å². The lowest BCUT2D eigenvalue weighted by Crippen LogP contribution is -2.51. The van der Waals surface area contributed by atoms with Crippen LogP contribution in [-0.4, -0.2) is 39.3 Å². The number of methoxy groups -OCH3 is 1. The van der Waals surface area contributed by atoms with Gasteiger partial charge in [-0.2, -0.15) is 0 Å². The summed E-state index contributed by atoms with van der Waals surface area (Å²) in [6.07, 6.45) is 5.01. The highest BCUT2D eigenvalue weighted by atomic mass is 35.5. The third-order valence-electron chi connectivity index (χ3n) is 7.53. The summed E-state index contributed by atoms with van der Waals surface area (Å²) in [5, 5.41) is 2.35. The molecule has 1 amide bonds. The van der Waals surface area contributed by atoms with Crippen LogP contribution in [0.5, 0.6) is 0 Å². The fourth-order valence-electron chi connectivity index (χ4n) is 5.73. The molecule has 11 heteroatoms. The first-order valence-corrected chi connectivity index (χ1v) is 13.6. The molecule has 10 nitrogen and oxygen atoms in total. The van der Waals surface area contributed by atoms with Crippen molar-refractivity contribution in [1.82, 2.24) is 20.0 Å². The summed E-state index contributed by atoms with van der Waals surface area (Å²) in [4.78, 5) is 58.7. The largest absolute Gasteiger partial charge is 0.466 e. The van der Waals surface area contributed by atoms with E-state index < -0.39 is 28.8 Å². The molecule has 0 radical (unpaired) electrons. The number of amides is 1. The van der Waals surface area contributed by atoms with Crippen molar-refractivity contribution in [2.75, 3.05) is 7.11 Å². The molecule has 2 aliphatic rings. The maximum absolute atomic E-state index is 14.1. The van der Waals surface area contributed by atoms with E-state index in [4.69, 9.17) is 22.1 Å². The summed E-state index contributed by atoms with van der Waals surface area (Å²) in [6.45, 7) is 7.81. The maximum atomic E-state index is 14.1. The van der Waals surface area contributed by atoms with E-state index in [9.17, 15) is 19.2 Å². The highest BCUT2D eigenvalue weighted by molar-refractivity contribution is 6.31. The Bertz CT molecular complexity index is 1770. The van der Waals surface area contributed by atoms with Gasteiger partial charge in [-0.15, -0.1) is 6.58 Å². The Morgan fingerprint density at radius 3 is 2.57 bits per heavy atom. The number of ketones is 1. The van der Waals surface area contributed by atoms with E-state index in [-0.39, 0.29) is 41.3 Å². The van der Waals surface area contributed by atoms with Gasteiger partial charge in [0.15, 0.2) is 5.78 Å². The van der Waals surface area contributed by atoms with Crippen LogP contribution in [0.4, 0.5) is 0 Å². The minimum absolute atomic E-state index is 0.136. The van der Waals surface area contributed by atoms with E-state index in [2.05, 4.69) is 17.0 Å². The fraction of sp³-hybridized carbons (Fsp3) is 0.258. The lowest BCUT2D eigenvalue weighted by Gasteiger charge is -2.43. The average molecular weight is 588 g/mol. The van der Waals surface area contributed by atoms with E-state index in [1.807, 2.05) is 13.8 Å². The van der Waals surface area contributed by atoms with Gasteiger partial charge in [0.25, 0.3) is 11.5 Å². The number of aromatic nitrogens is 2. The fourth-order valence-corrected chi connectivity index (χ4v) is 5.91. The Morgan fingerprint density at radius 1 is 1.19 bits per heavy atom. The van der Waals surface area contributed by atoms with Crippen LogP contribution in [0.15, 0.2) is 88.9 Å². The van der Waals surface area contributed by atoms with Gasteiger partial charge in [-0.1, -0.05) is 31.5 Å². The third kappa shape index (κ3) is 4.98. The van der Waals surface area contributed by atoms with Gasteiger partial charge in [0.1, 0.15) is 5.82 Å². The highest BCUT2D eigenvalue weighted by Gasteiger charge is 2.47. The number of esters is 1. The first-order chi connectivity index (χ1) is 20.0. The minimum atomic E-state index is -1.16. The second-order valence-corrected chi connectivity index (χ2v) is 11.5. The van der Waals surface area contributed by atoms with Gasteiger partial charge in [-0.05, 0) is 48.2 Å². The van der Waals surface area contributed by atoms with Gasteiger partial charge < -0.3 is 15.0 Å². The lowest BCUT2D eigenvalue weighted by molar-refractivity contribution is -0.136. The Balaban J connectivity index is 1.81. The van der Waals surface area contributed by atoms with Crippen LogP contribution in [0.1, 0.15) is 48.5 Å². The molecule has 0 spiro atoms. The van der Waals surface area contributed by atoms with Crippen LogP contribution in [0.3, 0.4) is 0 Å². The summed E-state index contributed by atoms with van der Waals surface area (Å²) in [5.41, 5.74) is 10.0. The quantitative estimate of drug-likeness (QED) is 0.327. The van der Waals surface area contributed by atoms with E-state index >= 15 is 0 Å².